The van der Waals surface area contributed by atoms with Gasteiger partial charge in [0.2, 0.25) is 0 Å². The average Bonchev–Trinajstić information content (AvgIpc) is 2.44. The molecule has 0 fully saturated rings. The average molecular weight is 393 g/mol. The van der Waals surface area contributed by atoms with Crippen LogP contribution in [0.25, 0.3) is 0 Å². The molecule has 20 heavy (non-hydrogen) atoms. The first-order valence-corrected chi connectivity index (χ1v) is 7.13. The van der Waals surface area contributed by atoms with Crippen molar-refractivity contribution in [1.29, 1.82) is 0 Å². The van der Waals surface area contributed by atoms with E-state index < -0.39 is 17.1 Å². The third kappa shape index (κ3) is 3.37. The summed E-state index contributed by atoms with van der Waals surface area (Å²) in [5.41, 5.74) is -2.09. The third-order valence-corrected chi connectivity index (χ3v) is 3.38. The number of alkyl halides is 1. The summed E-state index contributed by atoms with van der Waals surface area (Å²) in [5.74, 6) is 0. The van der Waals surface area contributed by atoms with Crippen LogP contribution in [0.3, 0.4) is 0 Å². The molecule has 0 amide bonds. The zero-order valence-electron chi connectivity index (χ0n) is 10.9. The molecular weight excluding hydrogens is 377 g/mol. The second-order valence-corrected chi connectivity index (χ2v) is 5.80. The lowest BCUT2D eigenvalue weighted by Gasteiger charge is -2.13. The van der Waals surface area contributed by atoms with Crippen LogP contribution in [0.15, 0.2) is 39.7 Å². The molecular formula is C12H16IN3O4. The van der Waals surface area contributed by atoms with Crippen molar-refractivity contribution in [2.45, 2.75) is 23.6 Å². The summed E-state index contributed by atoms with van der Waals surface area (Å²) in [4.78, 5) is 36.4. The fraction of sp³-hybridized carbons (Fsp3) is 0.417. The Balaban J connectivity index is 3.61. The van der Waals surface area contributed by atoms with E-state index in [-0.39, 0.29) is 30.2 Å². The number of aliphatic hydroxyl groups is 1. The highest BCUT2D eigenvalue weighted by Gasteiger charge is 2.16. The van der Waals surface area contributed by atoms with E-state index >= 15 is 0 Å². The monoisotopic (exact) mass is 393 g/mol. The molecule has 110 valence electrons. The number of hydrogen-bond acceptors (Lipinski definition) is 4. The van der Waals surface area contributed by atoms with Gasteiger partial charge in [-0.15, -0.1) is 13.2 Å². The summed E-state index contributed by atoms with van der Waals surface area (Å²) in [7, 11) is 0. The lowest BCUT2D eigenvalue weighted by Crippen LogP contribution is -2.55. The molecule has 0 aromatic carbocycles. The minimum Gasteiger partial charge on any atom is -0.395 e. The maximum atomic E-state index is 12.2. The second-order valence-electron chi connectivity index (χ2n) is 4.04. The van der Waals surface area contributed by atoms with Gasteiger partial charge in [-0.05, 0) is 0 Å². The van der Waals surface area contributed by atoms with Crippen LogP contribution in [0.4, 0.5) is 0 Å². The van der Waals surface area contributed by atoms with Crippen LogP contribution >= 0.6 is 22.6 Å². The van der Waals surface area contributed by atoms with E-state index in [4.69, 9.17) is 5.11 Å². The quantitative estimate of drug-likeness (QED) is 0.379. The molecule has 0 radical (unpaired) electrons. The van der Waals surface area contributed by atoms with E-state index in [1.165, 1.54) is 12.2 Å². The Morgan fingerprint density at radius 3 is 1.75 bits per heavy atom. The lowest BCUT2D eigenvalue weighted by atomic mass is 10.4. The molecule has 8 heteroatoms. The summed E-state index contributed by atoms with van der Waals surface area (Å²) in [6.45, 7) is 6.86. The molecule has 0 aliphatic heterocycles. The summed E-state index contributed by atoms with van der Waals surface area (Å²) in [6, 6.07) is 0. The topological polar surface area (TPSA) is 86.2 Å². The third-order valence-electron chi connectivity index (χ3n) is 2.59. The molecule has 1 N–H and O–H groups in total. The maximum Gasteiger partial charge on any atom is 0.336 e. The highest BCUT2D eigenvalue weighted by molar-refractivity contribution is 14.1. The van der Waals surface area contributed by atoms with Crippen LogP contribution in [-0.4, -0.2) is 29.3 Å². The van der Waals surface area contributed by atoms with Crippen molar-refractivity contribution in [1.82, 2.24) is 13.7 Å². The predicted octanol–water partition coefficient (Wildman–Crippen LogP) is -0.660. The van der Waals surface area contributed by atoms with Gasteiger partial charge < -0.3 is 5.11 Å². The van der Waals surface area contributed by atoms with E-state index in [1.807, 2.05) is 22.6 Å². The minimum absolute atomic E-state index is 0.0140. The standard InChI is InChI=1S/C12H16IN3O4/c1-3-5-14-10(18)15(6-4-2)12(20)16(11(14)19)7-9(13)8-17/h3-4,9,17H,1-2,5-8H2. The summed E-state index contributed by atoms with van der Waals surface area (Å²) >= 11 is 1.93. The zero-order valence-corrected chi connectivity index (χ0v) is 13.0. The normalized spacial score (nSPS) is 12.1. The Bertz CT molecular complexity index is 623. The van der Waals surface area contributed by atoms with Crippen molar-refractivity contribution in [3.63, 3.8) is 0 Å². The van der Waals surface area contributed by atoms with Gasteiger partial charge in [-0.2, -0.15) is 0 Å². The van der Waals surface area contributed by atoms with Gasteiger partial charge in [-0.1, -0.05) is 34.7 Å². The molecule has 0 saturated carbocycles. The number of halogens is 1. The molecule has 1 unspecified atom stereocenters. The lowest BCUT2D eigenvalue weighted by molar-refractivity contribution is 0.287. The van der Waals surface area contributed by atoms with Crippen LogP contribution in [0.2, 0.25) is 0 Å². The zero-order chi connectivity index (χ0) is 15.3. The summed E-state index contributed by atoms with van der Waals surface area (Å²) in [5, 5.41) is 9.05. The van der Waals surface area contributed by atoms with E-state index in [2.05, 4.69) is 13.2 Å². The van der Waals surface area contributed by atoms with Gasteiger partial charge >= 0.3 is 17.1 Å². The van der Waals surface area contributed by atoms with Crippen LogP contribution in [-0.2, 0) is 19.6 Å². The second kappa shape index (κ2) is 7.39. The maximum absolute atomic E-state index is 12.2. The van der Waals surface area contributed by atoms with Crippen molar-refractivity contribution >= 4 is 22.6 Å². The SMILES string of the molecule is C=CCn1c(=O)n(CC=C)c(=O)n(CC(I)CO)c1=O. The molecule has 1 rings (SSSR count). The van der Waals surface area contributed by atoms with Crippen molar-refractivity contribution < 1.29 is 5.11 Å². The van der Waals surface area contributed by atoms with Crippen molar-refractivity contribution in [2.75, 3.05) is 6.61 Å². The fourth-order valence-electron chi connectivity index (χ4n) is 1.67. The first-order chi connectivity index (χ1) is 9.47. The first-order valence-electron chi connectivity index (χ1n) is 5.89. The van der Waals surface area contributed by atoms with Gasteiger partial charge in [0.1, 0.15) is 0 Å². The van der Waals surface area contributed by atoms with Gasteiger partial charge in [0.15, 0.2) is 0 Å². The van der Waals surface area contributed by atoms with Gasteiger partial charge in [0.05, 0.1) is 23.6 Å². The number of aromatic nitrogens is 3. The predicted molar refractivity (Wildman–Crippen MR) is 84.5 cm³/mol. The van der Waals surface area contributed by atoms with E-state index in [0.29, 0.717) is 0 Å². The Labute approximate surface area is 128 Å². The van der Waals surface area contributed by atoms with E-state index in [0.717, 1.165) is 13.7 Å². The molecule has 0 aliphatic carbocycles. The number of rotatable bonds is 7. The highest BCUT2D eigenvalue weighted by Crippen LogP contribution is 1.99. The van der Waals surface area contributed by atoms with Crippen LogP contribution in [0.5, 0.6) is 0 Å². The molecule has 1 aromatic heterocycles. The van der Waals surface area contributed by atoms with E-state index in [1.54, 1.807) is 0 Å². The highest BCUT2D eigenvalue weighted by atomic mass is 127. The van der Waals surface area contributed by atoms with Gasteiger partial charge in [0, 0.05) is 6.54 Å². The van der Waals surface area contributed by atoms with Crippen LogP contribution < -0.4 is 17.1 Å². The Morgan fingerprint density at radius 2 is 1.40 bits per heavy atom. The van der Waals surface area contributed by atoms with Crippen LogP contribution in [0, 0.1) is 0 Å². The molecule has 0 saturated heterocycles. The van der Waals surface area contributed by atoms with E-state index in [9.17, 15) is 14.4 Å². The fourth-order valence-corrected chi connectivity index (χ4v) is 2.06. The molecule has 0 bridgehead atoms. The summed E-state index contributed by atoms with van der Waals surface area (Å²) < 4.78 is 2.50. The molecule has 7 nitrogen and oxygen atoms in total. The summed E-state index contributed by atoms with van der Waals surface area (Å²) in [6.07, 6.45) is 2.81. The van der Waals surface area contributed by atoms with Gasteiger partial charge in [-0.25, -0.2) is 28.1 Å². The largest absolute Gasteiger partial charge is 0.395 e. The first kappa shape index (κ1) is 16.6. The minimum atomic E-state index is -0.699. The van der Waals surface area contributed by atoms with Crippen LogP contribution in [0.1, 0.15) is 0 Å². The Morgan fingerprint density at radius 1 is 1.00 bits per heavy atom. The number of nitrogens with zero attached hydrogens (tertiary/aromatic N) is 3. The molecule has 1 atom stereocenters. The molecule has 0 spiro atoms. The number of aliphatic hydroxyl groups excluding tert-OH is 1. The number of allylic oxidation sites excluding steroid dienone is 2. The van der Waals surface area contributed by atoms with Crippen molar-refractivity contribution in [2.24, 2.45) is 0 Å². The molecule has 1 aromatic rings. The van der Waals surface area contributed by atoms with Crippen molar-refractivity contribution in [3.05, 3.63) is 56.8 Å². The molecule has 0 aliphatic rings. The Kier molecular flexibility index (Phi) is 6.14. The molecule has 1 heterocycles. The van der Waals surface area contributed by atoms with Crippen molar-refractivity contribution in [3.8, 4) is 0 Å². The van der Waals surface area contributed by atoms with Gasteiger partial charge in [0.25, 0.3) is 0 Å². The van der Waals surface area contributed by atoms with Gasteiger partial charge in [-0.3, -0.25) is 0 Å². The Hall–Kier alpha value is -1.42. The smallest absolute Gasteiger partial charge is 0.336 e. The number of hydrogen-bond donors (Lipinski definition) is 1.